The van der Waals surface area contributed by atoms with Crippen molar-refractivity contribution in [2.45, 2.75) is 83.9 Å². The van der Waals surface area contributed by atoms with E-state index in [1.54, 1.807) is 24.2 Å². The summed E-state index contributed by atoms with van der Waals surface area (Å²) in [5.41, 5.74) is 1.20. The summed E-state index contributed by atoms with van der Waals surface area (Å²) in [6, 6.07) is 5.97. The van der Waals surface area contributed by atoms with Gasteiger partial charge in [0.25, 0.3) is 0 Å². The highest BCUT2D eigenvalue weighted by molar-refractivity contribution is 5.69. The number of aromatic nitrogens is 6. The van der Waals surface area contributed by atoms with Crippen LogP contribution in [-0.2, 0) is 10.3 Å². The third-order valence-electron chi connectivity index (χ3n) is 8.06. The van der Waals surface area contributed by atoms with Crippen LogP contribution in [-0.4, -0.2) is 79.6 Å². The highest BCUT2D eigenvalue weighted by Gasteiger charge is 2.35. The van der Waals surface area contributed by atoms with Gasteiger partial charge in [0.15, 0.2) is 5.82 Å². The number of hydrogen-bond donors (Lipinski definition) is 0. The lowest BCUT2D eigenvalue weighted by Gasteiger charge is -2.42. The molecule has 3 aromatic heterocycles. The molecule has 0 unspecified atom stereocenters. The minimum atomic E-state index is -0.580. The van der Waals surface area contributed by atoms with Gasteiger partial charge in [-0.15, -0.1) is 10.2 Å². The number of anilines is 1. The van der Waals surface area contributed by atoms with Crippen LogP contribution < -0.4 is 9.64 Å². The van der Waals surface area contributed by atoms with Crippen LogP contribution in [0.25, 0.3) is 11.3 Å². The smallest absolute Gasteiger partial charge is 0.410 e. The Balaban J connectivity index is 1.29. The van der Waals surface area contributed by atoms with E-state index in [4.69, 9.17) is 9.47 Å². The molecule has 2 aliphatic rings. The number of methoxy groups -OCH3 is 1. The summed E-state index contributed by atoms with van der Waals surface area (Å²) in [5.74, 6) is 2.04. The number of piperidine rings is 1. The first-order valence-corrected chi connectivity index (χ1v) is 14.5. The molecular weight excluding hydrogens is 520 g/mol. The molecule has 1 saturated carbocycles. The molecule has 2 fully saturated rings. The molecule has 11 nitrogen and oxygen atoms in total. The first kappa shape index (κ1) is 28.8. The number of hydrogen-bond acceptors (Lipinski definition) is 9. The van der Waals surface area contributed by atoms with Crippen LogP contribution in [0.3, 0.4) is 0 Å². The third-order valence-corrected chi connectivity index (χ3v) is 8.06. The van der Waals surface area contributed by atoms with Gasteiger partial charge in [-0.3, -0.25) is 4.98 Å². The van der Waals surface area contributed by atoms with Crippen molar-refractivity contribution in [2.75, 3.05) is 31.6 Å². The van der Waals surface area contributed by atoms with Gasteiger partial charge < -0.3 is 19.3 Å². The van der Waals surface area contributed by atoms with Crippen LogP contribution in [0.1, 0.15) is 72.4 Å². The average Bonchev–Trinajstić information content (AvgIpc) is 3.43. The van der Waals surface area contributed by atoms with Crippen molar-refractivity contribution in [3.63, 3.8) is 0 Å². The lowest BCUT2D eigenvalue weighted by molar-refractivity contribution is 0.00733. The van der Waals surface area contributed by atoms with Crippen molar-refractivity contribution in [3.8, 4) is 17.0 Å². The van der Waals surface area contributed by atoms with Crippen molar-refractivity contribution in [1.82, 2.24) is 35.1 Å². The molecule has 0 spiro atoms. The zero-order chi connectivity index (χ0) is 29.2. The Morgan fingerprint density at radius 2 is 1.85 bits per heavy atom. The average molecular weight is 563 g/mol. The van der Waals surface area contributed by atoms with E-state index in [1.165, 1.54) is 19.3 Å². The van der Waals surface area contributed by atoms with E-state index >= 15 is 0 Å². The third kappa shape index (κ3) is 6.60. The summed E-state index contributed by atoms with van der Waals surface area (Å²) < 4.78 is 12.9. The van der Waals surface area contributed by atoms with E-state index in [2.05, 4.69) is 30.4 Å². The van der Waals surface area contributed by atoms with E-state index in [1.807, 2.05) is 63.9 Å². The molecule has 0 N–H and O–H groups in total. The van der Waals surface area contributed by atoms with Gasteiger partial charge in [-0.25, -0.2) is 9.48 Å². The molecule has 5 rings (SSSR count). The second kappa shape index (κ2) is 11.6. The summed E-state index contributed by atoms with van der Waals surface area (Å²) in [7, 11) is 1.61. The van der Waals surface area contributed by atoms with Gasteiger partial charge in [-0.2, -0.15) is 5.10 Å². The highest BCUT2D eigenvalue weighted by atomic mass is 16.6. The Morgan fingerprint density at radius 1 is 1.05 bits per heavy atom. The quantitative estimate of drug-likeness (QED) is 0.377. The molecule has 4 heterocycles. The monoisotopic (exact) mass is 562 g/mol. The Bertz CT molecular complexity index is 1330. The van der Waals surface area contributed by atoms with Crippen molar-refractivity contribution in [3.05, 3.63) is 42.5 Å². The van der Waals surface area contributed by atoms with Gasteiger partial charge in [0, 0.05) is 31.4 Å². The summed E-state index contributed by atoms with van der Waals surface area (Å²) in [4.78, 5) is 21.7. The van der Waals surface area contributed by atoms with E-state index in [-0.39, 0.29) is 12.1 Å². The molecule has 1 atom stereocenters. The Labute approximate surface area is 242 Å². The molecule has 0 aromatic carbocycles. The molecule has 1 aliphatic carbocycles. The first-order chi connectivity index (χ1) is 19.5. The zero-order valence-electron chi connectivity index (χ0n) is 25.1. The summed E-state index contributed by atoms with van der Waals surface area (Å²) in [6.07, 6.45) is 10.6. The SMILES string of the molecule is COc1cncc(-c2cn(C(C)(C)c3ccc(N4CCC[C@@H](N(CC5CCC5)C(=O)OC(C)(C)C)C4)nn3)nn2)c1. The Kier molecular flexibility index (Phi) is 8.15. The molecule has 11 heteroatoms. The van der Waals surface area contributed by atoms with Crippen molar-refractivity contribution < 1.29 is 14.3 Å². The fourth-order valence-corrected chi connectivity index (χ4v) is 5.34. The maximum absolute atomic E-state index is 13.2. The van der Waals surface area contributed by atoms with E-state index < -0.39 is 11.1 Å². The summed E-state index contributed by atoms with van der Waals surface area (Å²) >= 11 is 0. The van der Waals surface area contributed by atoms with Crippen molar-refractivity contribution >= 4 is 11.9 Å². The van der Waals surface area contributed by atoms with E-state index in [9.17, 15) is 4.79 Å². The molecule has 1 aliphatic heterocycles. The normalized spacial score (nSPS) is 18.1. The van der Waals surface area contributed by atoms with Crippen LogP contribution in [0.5, 0.6) is 5.75 Å². The number of pyridine rings is 1. The maximum Gasteiger partial charge on any atom is 0.410 e. The number of carbonyl (C=O) groups excluding carboxylic acids is 1. The minimum Gasteiger partial charge on any atom is -0.495 e. The molecular formula is C30H42N8O3. The lowest BCUT2D eigenvalue weighted by Crippen LogP contribution is -2.53. The topological polar surface area (TPSA) is 111 Å². The van der Waals surface area contributed by atoms with Gasteiger partial charge in [0.1, 0.15) is 22.6 Å². The molecule has 3 aromatic rings. The maximum atomic E-state index is 13.2. The lowest BCUT2D eigenvalue weighted by atomic mass is 9.84. The molecule has 1 saturated heterocycles. The number of nitrogens with zero attached hydrogens (tertiary/aromatic N) is 8. The largest absolute Gasteiger partial charge is 0.495 e. The standard InChI is InChI=1S/C30H42N8O3/c1-29(2,3)41-28(39)37(18-21-9-7-10-21)23-11-8-14-36(19-23)27-13-12-26(33-34-27)30(4,5)38-20-25(32-35-38)22-15-24(40-6)17-31-16-22/h12-13,15-17,20-21,23H,7-11,14,18-19H2,1-6H3/t23-/m1/s1. The zero-order valence-corrected chi connectivity index (χ0v) is 25.1. The van der Waals surface area contributed by atoms with Crippen LogP contribution in [0, 0.1) is 5.92 Å². The number of carbonyl (C=O) groups is 1. The molecule has 0 bridgehead atoms. The Morgan fingerprint density at radius 3 is 2.51 bits per heavy atom. The highest BCUT2D eigenvalue weighted by Crippen LogP contribution is 2.31. The van der Waals surface area contributed by atoms with Gasteiger partial charge in [-0.1, -0.05) is 11.6 Å². The second-order valence-electron chi connectivity index (χ2n) is 12.7. The predicted octanol–water partition coefficient (Wildman–Crippen LogP) is 4.93. The Hall–Kier alpha value is -3.76. The van der Waals surface area contributed by atoms with E-state index in [0.29, 0.717) is 23.9 Å². The predicted molar refractivity (Wildman–Crippen MR) is 156 cm³/mol. The fourth-order valence-electron chi connectivity index (χ4n) is 5.34. The van der Waals surface area contributed by atoms with Crippen LogP contribution in [0.15, 0.2) is 36.8 Å². The number of amides is 1. The second-order valence-corrected chi connectivity index (χ2v) is 12.7. The number of rotatable bonds is 8. The van der Waals surface area contributed by atoms with Gasteiger partial charge in [0.2, 0.25) is 0 Å². The number of ether oxygens (including phenoxy) is 2. The summed E-state index contributed by atoms with van der Waals surface area (Å²) in [6.45, 7) is 12.2. The van der Waals surface area contributed by atoms with Crippen molar-refractivity contribution in [2.24, 2.45) is 5.92 Å². The molecule has 41 heavy (non-hydrogen) atoms. The molecule has 1 amide bonds. The van der Waals surface area contributed by atoms with Crippen molar-refractivity contribution in [1.29, 1.82) is 0 Å². The van der Waals surface area contributed by atoms with Gasteiger partial charge in [-0.05, 0) is 84.4 Å². The van der Waals surface area contributed by atoms with Crippen LogP contribution in [0.4, 0.5) is 10.6 Å². The van der Waals surface area contributed by atoms with E-state index in [0.717, 1.165) is 43.0 Å². The molecule has 220 valence electrons. The molecule has 0 radical (unpaired) electrons. The fraction of sp³-hybridized carbons (Fsp3) is 0.600. The first-order valence-electron chi connectivity index (χ1n) is 14.5. The van der Waals surface area contributed by atoms with Crippen LogP contribution >= 0.6 is 0 Å². The van der Waals surface area contributed by atoms with Gasteiger partial charge >= 0.3 is 6.09 Å². The summed E-state index contributed by atoms with van der Waals surface area (Å²) in [5, 5.41) is 18.0. The minimum absolute atomic E-state index is 0.0804. The van der Waals surface area contributed by atoms with Crippen LogP contribution in [0.2, 0.25) is 0 Å². The van der Waals surface area contributed by atoms with Gasteiger partial charge in [0.05, 0.1) is 31.2 Å².